The minimum Gasteiger partial charge on any atom is -0.421 e. The Morgan fingerprint density at radius 2 is 2.38 bits per heavy atom. The molecule has 0 unspecified atom stereocenters. The summed E-state index contributed by atoms with van der Waals surface area (Å²) < 4.78 is 17.6. The van der Waals surface area contributed by atoms with Gasteiger partial charge in [0.2, 0.25) is 6.08 Å². The quantitative estimate of drug-likeness (QED) is 0.495. The number of oxazole rings is 1. The smallest absolute Gasteiger partial charge is 0.333 e. The number of aromatic nitrogens is 1. The van der Waals surface area contributed by atoms with Gasteiger partial charge in [0.05, 0.1) is 0 Å². The third kappa shape index (κ3) is 1.32. The van der Waals surface area contributed by atoms with E-state index in [2.05, 4.69) is 9.98 Å². The lowest BCUT2D eigenvalue weighted by molar-refractivity contribution is 0.560. The highest BCUT2D eigenvalue weighted by Crippen LogP contribution is 2.20. The molecular formula is C8H3FN2O2. The van der Waals surface area contributed by atoms with E-state index in [1.54, 1.807) is 0 Å². The standard InChI is InChI=1S/C8H3FN2O2/c9-5-1-2-7-6(3-5)11-8(13-7)10-4-12/h1-3H. The number of halogens is 1. The van der Waals surface area contributed by atoms with E-state index in [0.717, 1.165) is 0 Å². The minimum absolute atomic E-state index is 0.115. The van der Waals surface area contributed by atoms with Gasteiger partial charge in [-0.3, -0.25) is 0 Å². The molecular weight excluding hydrogens is 175 g/mol. The monoisotopic (exact) mass is 178 g/mol. The van der Waals surface area contributed by atoms with E-state index in [0.29, 0.717) is 11.1 Å². The van der Waals surface area contributed by atoms with E-state index < -0.39 is 5.82 Å². The van der Waals surface area contributed by atoms with E-state index in [9.17, 15) is 9.18 Å². The average Bonchev–Trinajstić information content (AvgIpc) is 2.46. The normalized spacial score (nSPS) is 9.92. The second-order valence-corrected chi connectivity index (χ2v) is 2.31. The number of fused-ring (bicyclic) bond motifs is 1. The lowest BCUT2D eigenvalue weighted by Gasteiger charge is -1.84. The first kappa shape index (κ1) is 7.64. The second-order valence-electron chi connectivity index (χ2n) is 2.31. The molecule has 0 atom stereocenters. The van der Waals surface area contributed by atoms with Gasteiger partial charge in [-0.1, -0.05) is 0 Å². The Morgan fingerprint density at radius 1 is 1.54 bits per heavy atom. The molecule has 2 aromatic rings. The summed E-state index contributed by atoms with van der Waals surface area (Å²) in [6, 6.07) is 3.74. The van der Waals surface area contributed by atoms with E-state index >= 15 is 0 Å². The molecule has 2 rings (SSSR count). The second kappa shape index (κ2) is 2.80. The predicted octanol–water partition coefficient (Wildman–Crippen LogP) is 1.93. The fourth-order valence-corrected chi connectivity index (χ4v) is 0.975. The van der Waals surface area contributed by atoms with Crippen LogP contribution in [0, 0.1) is 5.82 Å². The van der Waals surface area contributed by atoms with Gasteiger partial charge < -0.3 is 4.42 Å². The summed E-state index contributed by atoms with van der Waals surface area (Å²) in [5, 5.41) is 0. The Morgan fingerprint density at radius 3 is 3.15 bits per heavy atom. The first-order valence-corrected chi connectivity index (χ1v) is 3.43. The minimum atomic E-state index is -0.414. The lowest BCUT2D eigenvalue weighted by Crippen LogP contribution is -1.71. The van der Waals surface area contributed by atoms with Crippen molar-refractivity contribution in [2.45, 2.75) is 0 Å². The number of hydrogen-bond donors (Lipinski definition) is 0. The van der Waals surface area contributed by atoms with Crippen molar-refractivity contribution >= 4 is 23.2 Å². The first-order valence-electron chi connectivity index (χ1n) is 3.43. The van der Waals surface area contributed by atoms with Gasteiger partial charge in [-0.2, -0.15) is 4.98 Å². The summed E-state index contributed by atoms with van der Waals surface area (Å²) in [7, 11) is 0. The first-order chi connectivity index (χ1) is 6.29. The zero-order valence-corrected chi connectivity index (χ0v) is 6.32. The van der Waals surface area contributed by atoms with Crippen LogP contribution in [0.25, 0.3) is 11.1 Å². The van der Waals surface area contributed by atoms with Gasteiger partial charge in [0, 0.05) is 6.07 Å². The topological polar surface area (TPSA) is 55.5 Å². The van der Waals surface area contributed by atoms with Gasteiger partial charge in [0.25, 0.3) is 0 Å². The molecule has 1 aromatic heterocycles. The van der Waals surface area contributed by atoms with Crippen LogP contribution >= 0.6 is 0 Å². The zero-order valence-electron chi connectivity index (χ0n) is 6.32. The van der Waals surface area contributed by atoms with E-state index in [4.69, 9.17) is 4.42 Å². The van der Waals surface area contributed by atoms with Crippen LogP contribution in [0.2, 0.25) is 0 Å². The summed E-state index contributed by atoms with van der Waals surface area (Å²) in [5.74, 6) is -0.414. The van der Waals surface area contributed by atoms with Gasteiger partial charge in [0.15, 0.2) is 5.58 Å². The third-order valence-electron chi connectivity index (χ3n) is 1.48. The van der Waals surface area contributed by atoms with E-state index in [-0.39, 0.29) is 6.01 Å². The SMILES string of the molecule is O=C=Nc1nc2cc(F)ccc2o1. The number of nitrogens with zero attached hydrogens (tertiary/aromatic N) is 2. The Balaban J connectivity index is 2.68. The average molecular weight is 178 g/mol. The van der Waals surface area contributed by atoms with Crippen LogP contribution in [0.3, 0.4) is 0 Å². The molecule has 0 saturated heterocycles. The largest absolute Gasteiger partial charge is 0.421 e. The number of rotatable bonds is 1. The van der Waals surface area contributed by atoms with E-state index in [1.165, 1.54) is 24.3 Å². The van der Waals surface area contributed by atoms with Gasteiger partial charge in [-0.15, -0.1) is 4.99 Å². The Labute approximate surface area is 71.7 Å². The van der Waals surface area contributed by atoms with Crippen molar-refractivity contribution in [2.24, 2.45) is 4.99 Å². The summed E-state index contributed by atoms with van der Waals surface area (Å²) in [5.41, 5.74) is 0.712. The predicted molar refractivity (Wildman–Crippen MR) is 41.7 cm³/mol. The fourth-order valence-electron chi connectivity index (χ4n) is 0.975. The summed E-state index contributed by atoms with van der Waals surface area (Å²) in [6.45, 7) is 0. The van der Waals surface area contributed by atoms with Crippen molar-refractivity contribution in [1.82, 2.24) is 4.98 Å². The highest BCUT2D eigenvalue weighted by Gasteiger charge is 2.04. The molecule has 0 bridgehead atoms. The maximum Gasteiger partial charge on any atom is 0.333 e. The van der Waals surface area contributed by atoms with Gasteiger partial charge in [-0.25, -0.2) is 9.18 Å². The van der Waals surface area contributed by atoms with Crippen LogP contribution in [-0.2, 0) is 4.79 Å². The zero-order chi connectivity index (χ0) is 9.26. The Bertz CT molecular complexity index is 500. The molecule has 13 heavy (non-hydrogen) atoms. The molecule has 0 aliphatic rings. The van der Waals surface area contributed by atoms with Gasteiger partial charge >= 0.3 is 6.01 Å². The molecule has 0 fully saturated rings. The van der Waals surface area contributed by atoms with Gasteiger partial charge in [0.1, 0.15) is 11.3 Å². The molecule has 5 heteroatoms. The van der Waals surface area contributed by atoms with Crippen molar-refractivity contribution in [1.29, 1.82) is 0 Å². The molecule has 1 heterocycles. The molecule has 64 valence electrons. The molecule has 0 aliphatic heterocycles. The molecule has 0 saturated carbocycles. The summed E-state index contributed by atoms with van der Waals surface area (Å²) >= 11 is 0. The van der Waals surface area contributed by atoms with Crippen LogP contribution in [0.1, 0.15) is 0 Å². The molecule has 4 nitrogen and oxygen atoms in total. The Kier molecular flexibility index (Phi) is 1.65. The van der Waals surface area contributed by atoms with E-state index in [1.807, 2.05) is 0 Å². The van der Waals surface area contributed by atoms with Crippen LogP contribution in [0.5, 0.6) is 0 Å². The van der Waals surface area contributed by atoms with Crippen LogP contribution in [-0.4, -0.2) is 11.1 Å². The highest BCUT2D eigenvalue weighted by atomic mass is 19.1. The van der Waals surface area contributed by atoms with Crippen molar-refractivity contribution in [3.05, 3.63) is 24.0 Å². The number of hydrogen-bond acceptors (Lipinski definition) is 4. The number of benzene rings is 1. The summed E-state index contributed by atoms with van der Waals surface area (Å²) in [6.07, 6.45) is 1.28. The van der Waals surface area contributed by atoms with Crippen LogP contribution in [0.4, 0.5) is 10.4 Å². The third-order valence-corrected chi connectivity index (χ3v) is 1.48. The van der Waals surface area contributed by atoms with Crippen molar-refractivity contribution < 1.29 is 13.6 Å². The van der Waals surface area contributed by atoms with Crippen molar-refractivity contribution in [3.63, 3.8) is 0 Å². The van der Waals surface area contributed by atoms with Gasteiger partial charge in [-0.05, 0) is 12.1 Å². The van der Waals surface area contributed by atoms with Crippen LogP contribution < -0.4 is 0 Å². The van der Waals surface area contributed by atoms with Crippen molar-refractivity contribution in [3.8, 4) is 0 Å². The number of carbonyl (C=O) groups excluding carboxylic acids is 1. The molecule has 0 spiro atoms. The molecule has 0 N–H and O–H groups in total. The summed E-state index contributed by atoms with van der Waals surface area (Å²) in [4.78, 5) is 16.7. The number of aliphatic imine (C=N–C) groups is 1. The number of isocyanates is 1. The highest BCUT2D eigenvalue weighted by molar-refractivity contribution is 5.74. The van der Waals surface area contributed by atoms with Crippen LogP contribution in [0.15, 0.2) is 27.6 Å². The Hall–Kier alpha value is -2.00. The van der Waals surface area contributed by atoms with Crippen molar-refractivity contribution in [2.75, 3.05) is 0 Å². The molecule has 0 aliphatic carbocycles. The fraction of sp³-hybridized carbons (Fsp3) is 0. The maximum absolute atomic E-state index is 12.6. The molecule has 1 aromatic carbocycles. The lowest BCUT2D eigenvalue weighted by atomic mass is 10.3. The molecule has 0 radical (unpaired) electrons. The molecule has 0 amide bonds. The maximum atomic E-state index is 12.6.